The van der Waals surface area contributed by atoms with Gasteiger partial charge in [-0.15, -0.1) is 11.3 Å². The molecule has 0 spiro atoms. The zero-order valence-electron chi connectivity index (χ0n) is 14.7. The minimum absolute atomic E-state index is 0.137. The molecule has 1 saturated heterocycles. The summed E-state index contributed by atoms with van der Waals surface area (Å²) in [6.45, 7) is 1.97. The van der Waals surface area contributed by atoms with Crippen molar-refractivity contribution in [3.8, 4) is 5.75 Å². The van der Waals surface area contributed by atoms with Crippen molar-refractivity contribution in [3.05, 3.63) is 40.2 Å². The van der Waals surface area contributed by atoms with Crippen LogP contribution >= 0.6 is 27.3 Å². The van der Waals surface area contributed by atoms with Crippen LogP contribution in [0.25, 0.3) is 0 Å². The van der Waals surface area contributed by atoms with Crippen molar-refractivity contribution in [1.82, 2.24) is 9.21 Å². The predicted molar refractivity (Wildman–Crippen MR) is 109 cm³/mol. The first-order valence-electron chi connectivity index (χ1n) is 8.30. The molecular formula is C17H20BrN3O4S2. The number of hydrogen-bond donors (Lipinski definition) is 1. The minimum atomic E-state index is -3.47. The predicted octanol–water partition coefficient (Wildman–Crippen LogP) is 2.46. The number of amides is 1. The molecule has 10 heteroatoms. The lowest BCUT2D eigenvalue weighted by atomic mass is 10.3. The summed E-state index contributed by atoms with van der Waals surface area (Å²) in [5, 5.41) is 2.84. The highest BCUT2D eigenvalue weighted by molar-refractivity contribution is 9.11. The van der Waals surface area contributed by atoms with Crippen molar-refractivity contribution >= 4 is 48.9 Å². The van der Waals surface area contributed by atoms with Crippen molar-refractivity contribution in [2.75, 3.05) is 45.2 Å². The van der Waals surface area contributed by atoms with E-state index in [-0.39, 0.29) is 12.5 Å². The van der Waals surface area contributed by atoms with Gasteiger partial charge in [-0.1, -0.05) is 6.07 Å². The fourth-order valence-corrected chi connectivity index (χ4v) is 6.38. The average molecular weight is 474 g/mol. The maximum Gasteiger partial charge on any atom is 0.252 e. The molecule has 3 rings (SSSR count). The Morgan fingerprint density at radius 2 is 1.96 bits per heavy atom. The van der Waals surface area contributed by atoms with Crippen LogP contribution in [0.4, 0.5) is 5.69 Å². The molecule has 2 aromatic rings. The van der Waals surface area contributed by atoms with Crippen LogP contribution < -0.4 is 10.1 Å². The van der Waals surface area contributed by atoms with Gasteiger partial charge in [0.2, 0.25) is 5.91 Å². The van der Waals surface area contributed by atoms with Crippen LogP contribution in [0.2, 0.25) is 0 Å². The van der Waals surface area contributed by atoms with Crippen molar-refractivity contribution in [2.24, 2.45) is 0 Å². The van der Waals surface area contributed by atoms with Crippen molar-refractivity contribution in [2.45, 2.75) is 4.21 Å². The van der Waals surface area contributed by atoms with Crippen molar-refractivity contribution in [1.29, 1.82) is 0 Å². The zero-order valence-corrected chi connectivity index (χ0v) is 17.9. The molecule has 2 heterocycles. The van der Waals surface area contributed by atoms with Crippen LogP contribution in [-0.4, -0.2) is 63.4 Å². The molecule has 1 N–H and O–H groups in total. The Morgan fingerprint density at radius 1 is 1.22 bits per heavy atom. The van der Waals surface area contributed by atoms with E-state index in [1.807, 2.05) is 4.90 Å². The van der Waals surface area contributed by atoms with E-state index in [4.69, 9.17) is 4.74 Å². The lowest BCUT2D eigenvalue weighted by Gasteiger charge is -2.33. The molecule has 27 heavy (non-hydrogen) atoms. The summed E-state index contributed by atoms with van der Waals surface area (Å²) in [5.74, 6) is 0.536. The topological polar surface area (TPSA) is 79.0 Å². The van der Waals surface area contributed by atoms with E-state index in [1.54, 1.807) is 43.5 Å². The number of anilines is 1. The first-order chi connectivity index (χ1) is 12.9. The Balaban J connectivity index is 1.52. The van der Waals surface area contributed by atoms with Crippen LogP contribution in [0.5, 0.6) is 5.75 Å². The maximum absolute atomic E-state index is 12.6. The van der Waals surface area contributed by atoms with E-state index in [9.17, 15) is 13.2 Å². The molecule has 146 valence electrons. The molecule has 1 aromatic carbocycles. The highest BCUT2D eigenvalue weighted by Crippen LogP contribution is 2.29. The second-order valence-corrected chi connectivity index (χ2v) is 10.6. The number of carbonyl (C=O) groups is 1. The molecular weight excluding hydrogens is 454 g/mol. The molecule has 0 unspecified atom stereocenters. The third-order valence-electron chi connectivity index (χ3n) is 4.19. The van der Waals surface area contributed by atoms with Gasteiger partial charge >= 0.3 is 0 Å². The van der Waals surface area contributed by atoms with Gasteiger partial charge in [-0.05, 0) is 40.2 Å². The van der Waals surface area contributed by atoms with Crippen LogP contribution in [-0.2, 0) is 14.8 Å². The first kappa shape index (κ1) is 20.3. The lowest BCUT2D eigenvalue weighted by molar-refractivity contribution is -0.117. The van der Waals surface area contributed by atoms with Gasteiger partial charge in [0.1, 0.15) is 9.96 Å². The highest BCUT2D eigenvalue weighted by atomic mass is 79.9. The molecule has 0 atom stereocenters. The summed E-state index contributed by atoms with van der Waals surface area (Å²) in [4.78, 5) is 14.2. The van der Waals surface area contributed by atoms with Gasteiger partial charge in [-0.3, -0.25) is 9.69 Å². The van der Waals surface area contributed by atoms with Crippen LogP contribution in [0.15, 0.2) is 44.4 Å². The molecule has 0 saturated carbocycles. The molecule has 1 aliphatic rings. The number of halogens is 1. The van der Waals surface area contributed by atoms with Crippen LogP contribution in [0.1, 0.15) is 0 Å². The Morgan fingerprint density at radius 3 is 2.59 bits per heavy atom. The number of hydrogen-bond acceptors (Lipinski definition) is 6. The Kier molecular flexibility index (Phi) is 6.53. The monoisotopic (exact) mass is 473 g/mol. The number of rotatable bonds is 6. The Hall–Kier alpha value is -1.46. The molecule has 0 aliphatic carbocycles. The Bertz CT molecular complexity index is 908. The van der Waals surface area contributed by atoms with Crippen molar-refractivity contribution in [3.63, 3.8) is 0 Å². The second-order valence-electron chi connectivity index (χ2n) is 6.02. The molecule has 0 radical (unpaired) electrons. The molecule has 1 aliphatic heterocycles. The van der Waals surface area contributed by atoms with Gasteiger partial charge in [0.05, 0.1) is 17.4 Å². The smallest absolute Gasteiger partial charge is 0.252 e. The van der Waals surface area contributed by atoms with E-state index >= 15 is 0 Å². The normalized spacial score (nSPS) is 16.2. The lowest BCUT2D eigenvalue weighted by Crippen LogP contribution is -2.50. The Labute approximate surface area is 171 Å². The van der Waals surface area contributed by atoms with E-state index in [0.29, 0.717) is 41.8 Å². The first-order valence-corrected chi connectivity index (χ1v) is 11.4. The van der Waals surface area contributed by atoms with Crippen molar-refractivity contribution < 1.29 is 17.9 Å². The van der Waals surface area contributed by atoms with E-state index in [2.05, 4.69) is 21.2 Å². The fourth-order valence-electron chi connectivity index (χ4n) is 2.80. The molecule has 0 bridgehead atoms. The summed E-state index contributed by atoms with van der Waals surface area (Å²) in [7, 11) is -1.90. The highest BCUT2D eigenvalue weighted by Gasteiger charge is 2.30. The summed E-state index contributed by atoms with van der Waals surface area (Å²) in [6, 6.07) is 10.5. The van der Waals surface area contributed by atoms with Gasteiger partial charge < -0.3 is 10.1 Å². The number of nitrogens with one attached hydrogen (secondary N) is 1. The average Bonchev–Trinajstić information content (AvgIpc) is 3.09. The molecule has 1 fully saturated rings. The number of nitrogens with zero attached hydrogens (tertiary/aromatic N) is 2. The van der Waals surface area contributed by atoms with Gasteiger partial charge in [0.25, 0.3) is 10.0 Å². The number of methoxy groups -OCH3 is 1. The fraction of sp³-hybridized carbons (Fsp3) is 0.353. The van der Waals surface area contributed by atoms with E-state index in [1.165, 1.54) is 15.6 Å². The molecule has 7 nitrogen and oxygen atoms in total. The summed E-state index contributed by atoms with van der Waals surface area (Å²) >= 11 is 4.50. The third-order valence-corrected chi connectivity index (χ3v) is 8.18. The van der Waals surface area contributed by atoms with E-state index in [0.717, 1.165) is 3.79 Å². The summed E-state index contributed by atoms with van der Waals surface area (Å²) < 4.78 is 33.0. The number of piperazine rings is 1. The SMILES string of the molecule is COc1cccc(NC(=O)CN2CCN(S(=O)(=O)c3ccc(Br)s3)CC2)c1. The third kappa shape index (κ3) is 5.08. The quantitative estimate of drug-likeness (QED) is 0.696. The number of ether oxygens (including phenoxy) is 1. The van der Waals surface area contributed by atoms with Gasteiger partial charge in [-0.2, -0.15) is 4.31 Å². The largest absolute Gasteiger partial charge is 0.497 e. The minimum Gasteiger partial charge on any atom is -0.497 e. The van der Waals surface area contributed by atoms with Gasteiger partial charge in [0.15, 0.2) is 0 Å². The van der Waals surface area contributed by atoms with Crippen LogP contribution in [0, 0.1) is 0 Å². The number of thiophene rings is 1. The summed E-state index contributed by atoms with van der Waals surface area (Å²) in [5.41, 5.74) is 0.670. The van der Waals surface area contributed by atoms with Gasteiger partial charge in [0, 0.05) is 37.9 Å². The second kappa shape index (κ2) is 8.70. The standard InChI is InChI=1S/C17H20BrN3O4S2/c1-25-14-4-2-3-13(11-14)19-16(22)12-20-7-9-21(10-8-20)27(23,24)17-6-5-15(18)26-17/h2-6,11H,7-10,12H2,1H3,(H,19,22). The van der Waals surface area contributed by atoms with E-state index < -0.39 is 10.0 Å². The van der Waals surface area contributed by atoms with Gasteiger partial charge in [-0.25, -0.2) is 8.42 Å². The number of benzene rings is 1. The maximum atomic E-state index is 12.6. The molecule has 1 amide bonds. The number of carbonyl (C=O) groups excluding carboxylic acids is 1. The number of sulfonamides is 1. The zero-order chi connectivity index (χ0) is 19.4. The summed E-state index contributed by atoms with van der Waals surface area (Å²) in [6.07, 6.45) is 0. The van der Waals surface area contributed by atoms with Crippen LogP contribution in [0.3, 0.4) is 0 Å². The molecule has 1 aromatic heterocycles.